The minimum Gasteiger partial charge on any atom is -0.383 e. The number of hydrogen-bond donors (Lipinski definition) is 1. The predicted molar refractivity (Wildman–Crippen MR) is 112 cm³/mol. The maximum Gasteiger partial charge on any atom is 0.228 e. The SMILES string of the molecule is COCCn1nc(C)c2nc(N3CC[C@H](OC)C3)nc(Nc3cc(C)ccn3)c21. The molecule has 0 aliphatic carbocycles. The van der Waals surface area contributed by atoms with Gasteiger partial charge in [-0.25, -0.2) is 9.97 Å². The normalized spacial score (nSPS) is 16.7. The Morgan fingerprint density at radius 2 is 2.10 bits per heavy atom. The summed E-state index contributed by atoms with van der Waals surface area (Å²) in [5.74, 6) is 2.12. The van der Waals surface area contributed by atoms with Crippen LogP contribution in [0.15, 0.2) is 18.3 Å². The summed E-state index contributed by atoms with van der Waals surface area (Å²) in [6.45, 7) is 6.83. The monoisotopic (exact) mass is 397 g/mol. The molecule has 9 heteroatoms. The Bertz CT molecular complexity index is 1000. The van der Waals surface area contributed by atoms with Crippen LogP contribution >= 0.6 is 0 Å². The fourth-order valence-corrected chi connectivity index (χ4v) is 3.61. The number of aromatic nitrogens is 5. The van der Waals surface area contributed by atoms with Crippen LogP contribution in [0.2, 0.25) is 0 Å². The summed E-state index contributed by atoms with van der Waals surface area (Å²) in [4.78, 5) is 16.3. The quantitative estimate of drug-likeness (QED) is 0.650. The van der Waals surface area contributed by atoms with Crippen molar-refractivity contribution in [1.82, 2.24) is 24.7 Å². The summed E-state index contributed by atoms with van der Waals surface area (Å²) in [5, 5.41) is 8.06. The smallest absolute Gasteiger partial charge is 0.228 e. The summed E-state index contributed by atoms with van der Waals surface area (Å²) >= 11 is 0. The molecule has 1 N–H and O–H groups in total. The van der Waals surface area contributed by atoms with Crippen LogP contribution in [0.5, 0.6) is 0 Å². The van der Waals surface area contributed by atoms with Crippen LogP contribution in [0.4, 0.5) is 17.6 Å². The highest BCUT2D eigenvalue weighted by Crippen LogP contribution is 2.29. The number of nitrogens with one attached hydrogen (secondary N) is 1. The molecule has 0 bridgehead atoms. The van der Waals surface area contributed by atoms with Crippen molar-refractivity contribution in [3.05, 3.63) is 29.6 Å². The van der Waals surface area contributed by atoms with Crippen molar-refractivity contribution < 1.29 is 9.47 Å². The van der Waals surface area contributed by atoms with Gasteiger partial charge in [-0.05, 0) is 38.0 Å². The molecule has 1 fully saturated rings. The maximum atomic E-state index is 5.51. The number of pyridine rings is 1. The molecule has 1 aliphatic rings. The van der Waals surface area contributed by atoms with Gasteiger partial charge in [0.15, 0.2) is 5.82 Å². The lowest BCUT2D eigenvalue weighted by molar-refractivity contribution is 0.121. The summed E-state index contributed by atoms with van der Waals surface area (Å²) < 4.78 is 12.7. The van der Waals surface area contributed by atoms with Gasteiger partial charge in [0.2, 0.25) is 5.95 Å². The molecule has 29 heavy (non-hydrogen) atoms. The van der Waals surface area contributed by atoms with Crippen molar-refractivity contribution in [1.29, 1.82) is 0 Å². The standard InChI is InChI=1S/C20H27N7O2/c1-13-5-7-21-16(11-13)22-19-18-17(14(2)25-27(18)9-10-28-3)23-20(24-19)26-8-6-15(12-26)29-4/h5,7,11,15H,6,8-10,12H2,1-4H3,(H,21,22,23,24)/t15-/m0/s1. The van der Waals surface area contributed by atoms with Gasteiger partial charge in [0.05, 0.1) is 24.9 Å². The van der Waals surface area contributed by atoms with Gasteiger partial charge in [0, 0.05) is 33.5 Å². The zero-order chi connectivity index (χ0) is 20.4. The number of anilines is 3. The second-order valence-corrected chi connectivity index (χ2v) is 7.31. The molecule has 0 saturated carbocycles. The number of nitrogens with zero attached hydrogens (tertiary/aromatic N) is 6. The minimum absolute atomic E-state index is 0.203. The first-order chi connectivity index (χ1) is 14.1. The fourth-order valence-electron chi connectivity index (χ4n) is 3.61. The summed E-state index contributed by atoms with van der Waals surface area (Å²) in [5.41, 5.74) is 3.68. The Hall–Kier alpha value is -2.78. The van der Waals surface area contributed by atoms with Gasteiger partial charge in [-0.15, -0.1) is 0 Å². The van der Waals surface area contributed by atoms with Crippen molar-refractivity contribution >= 4 is 28.6 Å². The number of aryl methyl sites for hydroxylation is 2. The lowest BCUT2D eigenvalue weighted by Crippen LogP contribution is -2.24. The number of fused-ring (bicyclic) bond motifs is 1. The van der Waals surface area contributed by atoms with Crippen LogP contribution in [-0.4, -0.2) is 64.8 Å². The molecular weight excluding hydrogens is 370 g/mol. The Morgan fingerprint density at radius 1 is 1.24 bits per heavy atom. The van der Waals surface area contributed by atoms with Crippen LogP contribution in [0.3, 0.4) is 0 Å². The molecule has 0 unspecified atom stereocenters. The third-order valence-corrected chi connectivity index (χ3v) is 5.17. The minimum atomic E-state index is 0.203. The lowest BCUT2D eigenvalue weighted by Gasteiger charge is -2.18. The summed E-state index contributed by atoms with van der Waals surface area (Å²) in [7, 11) is 3.43. The van der Waals surface area contributed by atoms with Crippen LogP contribution in [0.1, 0.15) is 17.7 Å². The average molecular weight is 397 g/mol. The number of rotatable bonds is 7. The van der Waals surface area contributed by atoms with E-state index in [9.17, 15) is 0 Å². The zero-order valence-electron chi connectivity index (χ0n) is 17.3. The first-order valence-corrected chi connectivity index (χ1v) is 9.80. The highest BCUT2D eigenvalue weighted by molar-refractivity contribution is 5.90. The van der Waals surface area contributed by atoms with Crippen molar-refractivity contribution in [2.75, 3.05) is 44.1 Å². The molecule has 3 aromatic heterocycles. The van der Waals surface area contributed by atoms with Crippen LogP contribution in [0, 0.1) is 13.8 Å². The van der Waals surface area contributed by atoms with Crippen molar-refractivity contribution in [3.8, 4) is 0 Å². The largest absolute Gasteiger partial charge is 0.383 e. The molecule has 3 aromatic rings. The highest BCUT2D eigenvalue weighted by atomic mass is 16.5. The van der Waals surface area contributed by atoms with E-state index in [2.05, 4.69) is 20.3 Å². The second-order valence-electron chi connectivity index (χ2n) is 7.31. The molecule has 0 aromatic carbocycles. The van der Waals surface area contributed by atoms with Crippen molar-refractivity contribution in [2.24, 2.45) is 0 Å². The Kier molecular flexibility index (Phi) is 5.59. The van der Waals surface area contributed by atoms with Gasteiger partial charge in [0.1, 0.15) is 16.9 Å². The molecular formula is C20H27N7O2. The fraction of sp³-hybridized carbons (Fsp3) is 0.500. The number of hydrogen-bond acceptors (Lipinski definition) is 8. The summed E-state index contributed by atoms with van der Waals surface area (Å²) in [6, 6.07) is 3.96. The maximum absolute atomic E-state index is 5.51. The molecule has 0 radical (unpaired) electrons. The first kappa shape index (κ1) is 19.5. The molecule has 0 amide bonds. The van der Waals surface area contributed by atoms with Crippen LogP contribution in [-0.2, 0) is 16.0 Å². The first-order valence-electron chi connectivity index (χ1n) is 9.80. The van der Waals surface area contributed by atoms with E-state index in [1.807, 2.05) is 30.7 Å². The van der Waals surface area contributed by atoms with Gasteiger partial charge in [0.25, 0.3) is 0 Å². The van der Waals surface area contributed by atoms with Crippen molar-refractivity contribution in [3.63, 3.8) is 0 Å². The van der Waals surface area contributed by atoms with E-state index in [0.29, 0.717) is 24.9 Å². The van der Waals surface area contributed by atoms with Gasteiger partial charge in [-0.3, -0.25) is 4.68 Å². The topological polar surface area (TPSA) is 90.2 Å². The van der Waals surface area contributed by atoms with E-state index in [0.717, 1.165) is 47.6 Å². The van der Waals surface area contributed by atoms with E-state index in [1.165, 1.54) is 0 Å². The number of ether oxygens (including phenoxy) is 2. The van der Waals surface area contributed by atoms with E-state index in [-0.39, 0.29) is 6.10 Å². The average Bonchev–Trinajstić information content (AvgIpc) is 3.31. The lowest BCUT2D eigenvalue weighted by atomic mass is 10.3. The molecule has 1 aliphatic heterocycles. The molecule has 4 rings (SSSR count). The molecule has 1 atom stereocenters. The van der Waals surface area contributed by atoms with Gasteiger partial charge >= 0.3 is 0 Å². The zero-order valence-corrected chi connectivity index (χ0v) is 17.3. The molecule has 9 nitrogen and oxygen atoms in total. The third-order valence-electron chi connectivity index (χ3n) is 5.17. The van der Waals surface area contributed by atoms with E-state index in [1.54, 1.807) is 20.4 Å². The summed E-state index contributed by atoms with van der Waals surface area (Å²) in [6.07, 6.45) is 2.95. The van der Waals surface area contributed by atoms with Crippen molar-refractivity contribution in [2.45, 2.75) is 32.9 Å². The van der Waals surface area contributed by atoms with Gasteiger partial charge in [-0.2, -0.15) is 10.1 Å². The Balaban J connectivity index is 1.80. The molecule has 1 saturated heterocycles. The Morgan fingerprint density at radius 3 is 2.83 bits per heavy atom. The molecule has 4 heterocycles. The van der Waals surface area contributed by atoms with Gasteiger partial charge in [-0.1, -0.05) is 0 Å². The highest BCUT2D eigenvalue weighted by Gasteiger charge is 2.26. The Labute approximate surface area is 170 Å². The van der Waals surface area contributed by atoms with E-state index < -0.39 is 0 Å². The third kappa shape index (κ3) is 4.01. The number of methoxy groups -OCH3 is 2. The second kappa shape index (κ2) is 8.30. The van der Waals surface area contributed by atoms with E-state index in [4.69, 9.17) is 19.4 Å². The van der Waals surface area contributed by atoms with Crippen LogP contribution < -0.4 is 10.2 Å². The van der Waals surface area contributed by atoms with Gasteiger partial charge < -0.3 is 19.7 Å². The predicted octanol–water partition coefficient (Wildman–Crippen LogP) is 2.45. The molecule has 154 valence electrons. The molecule has 0 spiro atoms. The van der Waals surface area contributed by atoms with Crippen LogP contribution in [0.25, 0.3) is 11.0 Å². The van der Waals surface area contributed by atoms with E-state index >= 15 is 0 Å².